The number of hydrogen-bond acceptors (Lipinski definition) is 3. The largest absolute Gasteiger partial charge is 0.343 e. The van der Waals surface area contributed by atoms with Gasteiger partial charge in [0.05, 0.1) is 5.92 Å². The van der Waals surface area contributed by atoms with Crippen molar-refractivity contribution in [3.63, 3.8) is 0 Å². The van der Waals surface area contributed by atoms with Crippen LogP contribution in [0.1, 0.15) is 13.3 Å². The number of thioether (sulfide) groups is 1. The van der Waals surface area contributed by atoms with Gasteiger partial charge in [-0.3, -0.25) is 4.79 Å². The van der Waals surface area contributed by atoms with Crippen molar-refractivity contribution in [3.05, 3.63) is 0 Å². The Morgan fingerprint density at radius 2 is 2.20 bits per heavy atom. The summed E-state index contributed by atoms with van der Waals surface area (Å²) < 4.78 is 0. The minimum atomic E-state index is 0. The Balaban J connectivity index is 0.00000196. The summed E-state index contributed by atoms with van der Waals surface area (Å²) in [4.78, 5) is 13.7. The minimum Gasteiger partial charge on any atom is -0.343 e. The van der Waals surface area contributed by atoms with E-state index in [1.807, 2.05) is 23.7 Å². The van der Waals surface area contributed by atoms with E-state index in [0.717, 1.165) is 25.3 Å². The number of carbonyl (C=O) groups excluding carboxylic acids is 1. The van der Waals surface area contributed by atoms with Crippen LogP contribution in [-0.4, -0.2) is 49.0 Å². The molecule has 0 spiro atoms. The highest BCUT2D eigenvalue weighted by Gasteiger charge is 2.29. The maximum Gasteiger partial charge on any atom is 0.228 e. The first-order valence-electron chi connectivity index (χ1n) is 5.13. The van der Waals surface area contributed by atoms with E-state index in [-0.39, 0.29) is 18.3 Å². The third-order valence-corrected chi connectivity index (χ3v) is 3.52. The first kappa shape index (κ1) is 15.1. The molecule has 0 aromatic heterocycles. The fourth-order valence-electron chi connectivity index (χ4n) is 1.45. The summed E-state index contributed by atoms with van der Waals surface area (Å²) in [6.07, 6.45) is 3.19. The molecule has 1 fully saturated rings. The number of nitrogens with zero attached hydrogens (tertiary/aromatic N) is 1. The van der Waals surface area contributed by atoms with Gasteiger partial charge in [0.1, 0.15) is 0 Å². The van der Waals surface area contributed by atoms with Gasteiger partial charge in [0.25, 0.3) is 0 Å². The van der Waals surface area contributed by atoms with Crippen molar-refractivity contribution >= 4 is 30.1 Å². The Hall–Kier alpha value is 0.0700. The van der Waals surface area contributed by atoms with Gasteiger partial charge in [-0.1, -0.05) is 0 Å². The van der Waals surface area contributed by atoms with Crippen LogP contribution in [0.5, 0.6) is 0 Å². The standard InChI is InChI=1S/C10H20N2OS.ClH/c1-8(4-5-14-3)12(2)10(13)9-6-11-7-9;/h8-9,11H,4-7H2,1-3H3;1H. The van der Waals surface area contributed by atoms with E-state index >= 15 is 0 Å². The van der Waals surface area contributed by atoms with E-state index in [1.54, 1.807) is 0 Å². The van der Waals surface area contributed by atoms with Crippen molar-refractivity contribution < 1.29 is 4.79 Å². The number of amides is 1. The molecular weight excluding hydrogens is 232 g/mol. The van der Waals surface area contributed by atoms with Gasteiger partial charge in [0.15, 0.2) is 0 Å². The fraction of sp³-hybridized carbons (Fsp3) is 0.900. The molecule has 1 unspecified atom stereocenters. The second-order valence-corrected chi connectivity index (χ2v) is 4.92. The summed E-state index contributed by atoms with van der Waals surface area (Å²) in [6.45, 7) is 3.84. The van der Waals surface area contributed by atoms with Gasteiger partial charge >= 0.3 is 0 Å². The molecule has 1 N–H and O–H groups in total. The molecule has 0 bridgehead atoms. The smallest absolute Gasteiger partial charge is 0.228 e. The Kier molecular flexibility index (Phi) is 7.40. The molecule has 5 heteroatoms. The van der Waals surface area contributed by atoms with Crippen molar-refractivity contribution in [2.75, 3.05) is 32.1 Å². The van der Waals surface area contributed by atoms with Crippen LogP contribution in [0.4, 0.5) is 0 Å². The van der Waals surface area contributed by atoms with Crippen LogP contribution in [0.2, 0.25) is 0 Å². The molecule has 1 rings (SSSR count). The van der Waals surface area contributed by atoms with Crippen LogP contribution in [0.3, 0.4) is 0 Å². The molecule has 0 radical (unpaired) electrons. The Morgan fingerprint density at radius 3 is 2.60 bits per heavy atom. The predicted octanol–water partition coefficient (Wildman–Crippen LogP) is 1.23. The van der Waals surface area contributed by atoms with Crippen LogP contribution >= 0.6 is 24.2 Å². The highest BCUT2D eigenvalue weighted by molar-refractivity contribution is 7.98. The lowest BCUT2D eigenvalue weighted by Crippen LogP contribution is -2.52. The molecule has 90 valence electrons. The molecule has 0 aliphatic carbocycles. The van der Waals surface area contributed by atoms with Gasteiger partial charge < -0.3 is 10.2 Å². The normalized spacial score (nSPS) is 17.5. The van der Waals surface area contributed by atoms with E-state index in [0.29, 0.717) is 11.9 Å². The van der Waals surface area contributed by atoms with Crippen molar-refractivity contribution in [2.24, 2.45) is 5.92 Å². The van der Waals surface area contributed by atoms with Crippen LogP contribution in [-0.2, 0) is 4.79 Å². The number of halogens is 1. The molecule has 0 aromatic carbocycles. The van der Waals surface area contributed by atoms with E-state index in [2.05, 4.69) is 18.5 Å². The summed E-state index contributed by atoms with van der Waals surface area (Å²) in [7, 11) is 1.92. The van der Waals surface area contributed by atoms with Crippen molar-refractivity contribution in [1.82, 2.24) is 10.2 Å². The van der Waals surface area contributed by atoms with Gasteiger partial charge in [0, 0.05) is 26.2 Å². The van der Waals surface area contributed by atoms with Gasteiger partial charge in [-0.15, -0.1) is 12.4 Å². The lowest BCUT2D eigenvalue weighted by molar-refractivity contribution is -0.137. The van der Waals surface area contributed by atoms with Crippen molar-refractivity contribution in [3.8, 4) is 0 Å². The quantitative estimate of drug-likeness (QED) is 0.799. The molecule has 3 nitrogen and oxygen atoms in total. The zero-order valence-electron chi connectivity index (χ0n) is 9.66. The SMILES string of the molecule is CSCCC(C)N(C)C(=O)C1CNC1.Cl. The van der Waals surface area contributed by atoms with Gasteiger partial charge in [-0.2, -0.15) is 11.8 Å². The van der Waals surface area contributed by atoms with Crippen molar-refractivity contribution in [1.29, 1.82) is 0 Å². The van der Waals surface area contributed by atoms with Crippen LogP contribution in [0.15, 0.2) is 0 Å². The maximum absolute atomic E-state index is 11.8. The van der Waals surface area contributed by atoms with E-state index in [4.69, 9.17) is 0 Å². The molecule has 1 atom stereocenters. The second-order valence-electron chi connectivity index (χ2n) is 3.93. The summed E-state index contributed by atoms with van der Waals surface area (Å²) in [5.74, 6) is 1.66. The average molecular weight is 253 g/mol. The average Bonchev–Trinajstić information content (AvgIpc) is 2.10. The number of rotatable bonds is 5. The molecular formula is C10H21ClN2OS. The van der Waals surface area contributed by atoms with E-state index < -0.39 is 0 Å². The van der Waals surface area contributed by atoms with Gasteiger partial charge in [-0.05, 0) is 25.4 Å². The highest BCUT2D eigenvalue weighted by atomic mass is 35.5. The van der Waals surface area contributed by atoms with Crippen LogP contribution < -0.4 is 5.32 Å². The zero-order valence-corrected chi connectivity index (χ0v) is 11.3. The van der Waals surface area contributed by atoms with E-state index in [9.17, 15) is 4.79 Å². The molecule has 1 aliphatic rings. The van der Waals surface area contributed by atoms with Gasteiger partial charge in [0.2, 0.25) is 5.91 Å². The van der Waals surface area contributed by atoms with E-state index in [1.165, 1.54) is 0 Å². The number of hydrogen-bond donors (Lipinski definition) is 1. The lowest BCUT2D eigenvalue weighted by Gasteiger charge is -2.33. The Morgan fingerprint density at radius 1 is 1.60 bits per heavy atom. The molecule has 1 aliphatic heterocycles. The van der Waals surface area contributed by atoms with Crippen molar-refractivity contribution in [2.45, 2.75) is 19.4 Å². The molecule has 1 saturated heterocycles. The zero-order chi connectivity index (χ0) is 10.6. The van der Waals surface area contributed by atoms with Crippen LogP contribution in [0.25, 0.3) is 0 Å². The Bertz CT molecular complexity index is 200. The topological polar surface area (TPSA) is 32.3 Å². The molecule has 1 heterocycles. The lowest BCUT2D eigenvalue weighted by atomic mass is 10.0. The summed E-state index contributed by atoms with van der Waals surface area (Å²) >= 11 is 1.84. The van der Waals surface area contributed by atoms with Gasteiger partial charge in [-0.25, -0.2) is 0 Å². The third kappa shape index (κ3) is 4.21. The molecule has 0 aromatic rings. The summed E-state index contributed by atoms with van der Waals surface area (Å²) in [5.41, 5.74) is 0. The number of nitrogens with one attached hydrogen (secondary N) is 1. The third-order valence-electron chi connectivity index (χ3n) is 2.88. The first-order chi connectivity index (χ1) is 6.66. The fourth-order valence-corrected chi connectivity index (χ4v) is 2.03. The second kappa shape index (κ2) is 7.36. The molecule has 1 amide bonds. The molecule has 15 heavy (non-hydrogen) atoms. The maximum atomic E-state index is 11.8. The first-order valence-corrected chi connectivity index (χ1v) is 6.52. The number of carbonyl (C=O) groups is 1. The highest BCUT2D eigenvalue weighted by Crippen LogP contribution is 2.12. The predicted molar refractivity (Wildman–Crippen MR) is 68.8 cm³/mol. The van der Waals surface area contributed by atoms with Crippen LogP contribution in [0, 0.1) is 5.92 Å². The molecule has 0 saturated carbocycles. The minimum absolute atomic E-state index is 0. The summed E-state index contributed by atoms with van der Waals surface area (Å²) in [6, 6.07) is 0.371. The monoisotopic (exact) mass is 252 g/mol. The Labute approximate surface area is 103 Å². The summed E-state index contributed by atoms with van der Waals surface area (Å²) in [5, 5.41) is 3.13.